The van der Waals surface area contributed by atoms with Gasteiger partial charge >= 0.3 is 0 Å². The summed E-state index contributed by atoms with van der Waals surface area (Å²) in [5.41, 5.74) is 2.12. The lowest BCUT2D eigenvalue weighted by atomic mass is 10.1. The number of hydrogen-bond donors (Lipinski definition) is 0. The molecule has 2 rings (SSSR count). The Morgan fingerprint density at radius 2 is 2.11 bits per heavy atom. The molecule has 0 amide bonds. The summed E-state index contributed by atoms with van der Waals surface area (Å²) in [7, 11) is 0. The molecule has 0 unspecified atom stereocenters. The Kier molecular flexibility index (Phi) is 4.52. The fourth-order valence-electron chi connectivity index (χ4n) is 2.07. The van der Waals surface area contributed by atoms with Crippen molar-refractivity contribution in [3.05, 3.63) is 29.0 Å². The van der Waals surface area contributed by atoms with Gasteiger partial charge in [0.2, 0.25) is 0 Å². The second kappa shape index (κ2) is 5.94. The van der Waals surface area contributed by atoms with Crippen LogP contribution in [0.25, 0.3) is 11.0 Å². The van der Waals surface area contributed by atoms with Crippen LogP contribution in [0.15, 0.2) is 18.2 Å². The van der Waals surface area contributed by atoms with E-state index in [0.29, 0.717) is 11.8 Å². The minimum absolute atomic E-state index is 0.596. The molecule has 18 heavy (non-hydrogen) atoms. The second-order valence-corrected chi connectivity index (χ2v) is 5.75. The fourth-order valence-corrected chi connectivity index (χ4v) is 2.40. The summed E-state index contributed by atoms with van der Waals surface area (Å²) >= 11 is 11.9. The normalized spacial score (nSPS) is 11.6. The van der Waals surface area contributed by atoms with Gasteiger partial charge in [0.15, 0.2) is 0 Å². The van der Waals surface area contributed by atoms with Crippen LogP contribution in [-0.2, 0) is 13.0 Å². The lowest BCUT2D eigenvalue weighted by molar-refractivity contribution is 0.513. The first-order valence-corrected chi connectivity index (χ1v) is 7.23. The van der Waals surface area contributed by atoms with Gasteiger partial charge in [-0.15, -0.1) is 11.6 Å². The summed E-state index contributed by atoms with van der Waals surface area (Å²) in [6, 6.07) is 5.88. The molecule has 1 heterocycles. The van der Waals surface area contributed by atoms with E-state index in [-0.39, 0.29) is 0 Å². The van der Waals surface area contributed by atoms with Gasteiger partial charge in [0.1, 0.15) is 5.82 Å². The minimum Gasteiger partial charge on any atom is -0.328 e. The number of benzene rings is 1. The lowest BCUT2D eigenvalue weighted by Gasteiger charge is -2.10. The lowest BCUT2D eigenvalue weighted by Crippen LogP contribution is -2.06. The van der Waals surface area contributed by atoms with Crippen LogP contribution in [0.5, 0.6) is 0 Å². The molecule has 4 heteroatoms. The fraction of sp³-hybridized carbons (Fsp3) is 0.500. The number of halogens is 2. The first-order valence-electron chi connectivity index (χ1n) is 6.32. The van der Waals surface area contributed by atoms with Gasteiger partial charge in [-0.2, -0.15) is 0 Å². The quantitative estimate of drug-likeness (QED) is 0.739. The van der Waals surface area contributed by atoms with Crippen LogP contribution < -0.4 is 0 Å². The van der Waals surface area contributed by atoms with Crippen molar-refractivity contribution < 1.29 is 0 Å². The van der Waals surface area contributed by atoms with Gasteiger partial charge in [0, 0.05) is 23.9 Å². The Labute approximate surface area is 118 Å². The Hall–Kier alpha value is -0.730. The molecule has 0 bridgehead atoms. The average Bonchev–Trinajstić information content (AvgIpc) is 2.63. The molecule has 0 fully saturated rings. The third-order valence-corrected chi connectivity index (χ3v) is 3.46. The van der Waals surface area contributed by atoms with Crippen molar-refractivity contribution in [2.75, 3.05) is 5.88 Å². The zero-order chi connectivity index (χ0) is 13.1. The molecule has 1 aromatic heterocycles. The van der Waals surface area contributed by atoms with Gasteiger partial charge in [-0.05, 0) is 30.5 Å². The van der Waals surface area contributed by atoms with Crippen LogP contribution >= 0.6 is 23.2 Å². The highest BCUT2D eigenvalue weighted by molar-refractivity contribution is 6.31. The van der Waals surface area contributed by atoms with Gasteiger partial charge in [0.25, 0.3) is 0 Å². The van der Waals surface area contributed by atoms with Crippen molar-refractivity contribution >= 4 is 34.2 Å². The van der Waals surface area contributed by atoms with E-state index in [9.17, 15) is 0 Å². The number of alkyl halides is 1. The molecule has 0 saturated heterocycles. The van der Waals surface area contributed by atoms with E-state index in [1.165, 1.54) is 0 Å². The van der Waals surface area contributed by atoms with Crippen LogP contribution in [0.2, 0.25) is 5.02 Å². The monoisotopic (exact) mass is 284 g/mol. The number of aryl methyl sites for hydroxylation is 2. The molecule has 2 nitrogen and oxygen atoms in total. The number of imidazole rings is 1. The molecule has 0 aliphatic carbocycles. The maximum Gasteiger partial charge on any atom is 0.111 e. The first-order chi connectivity index (χ1) is 8.61. The van der Waals surface area contributed by atoms with E-state index < -0.39 is 0 Å². The van der Waals surface area contributed by atoms with Gasteiger partial charge in [-0.25, -0.2) is 4.98 Å². The van der Waals surface area contributed by atoms with Crippen LogP contribution in [0.4, 0.5) is 0 Å². The summed E-state index contributed by atoms with van der Waals surface area (Å²) in [6.45, 7) is 5.45. The summed E-state index contributed by atoms with van der Waals surface area (Å²) in [5, 5.41) is 0.730. The van der Waals surface area contributed by atoms with Crippen molar-refractivity contribution in [1.29, 1.82) is 0 Å². The maximum absolute atomic E-state index is 6.01. The number of hydrogen-bond acceptors (Lipinski definition) is 1. The number of nitrogens with zero attached hydrogens (tertiary/aromatic N) is 2. The van der Waals surface area contributed by atoms with Gasteiger partial charge in [-0.1, -0.05) is 25.4 Å². The van der Waals surface area contributed by atoms with E-state index in [0.717, 1.165) is 41.3 Å². The Balaban J connectivity index is 2.41. The largest absolute Gasteiger partial charge is 0.328 e. The van der Waals surface area contributed by atoms with Gasteiger partial charge < -0.3 is 4.57 Å². The molecular weight excluding hydrogens is 267 g/mol. The topological polar surface area (TPSA) is 17.8 Å². The van der Waals surface area contributed by atoms with E-state index >= 15 is 0 Å². The molecule has 0 saturated carbocycles. The number of fused-ring (bicyclic) bond motifs is 1. The Morgan fingerprint density at radius 3 is 2.78 bits per heavy atom. The molecule has 0 spiro atoms. The van der Waals surface area contributed by atoms with Crippen LogP contribution in [0.3, 0.4) is 0 Å². The van der Waals surface area contributed by atoms with Crippen molar-refractivity contribution in [2.45, 2.75) is 33.2 Å². The van der Waals surface area contributed by atoms with Crippen LogP contribution in [0, 0.1) is 5.92 Å². The van der Waals surface area contributed by atoms with Crippen LogP contribution in [0.1, 0.15) is 26.1 Å². The molecule has 0 atom stereocenters. The Bertz CT molecular complexity index is 532. The zero-order valence-corrected chi connectivity index (χ0v) is 12.3. The molecular formula is C14H18Cl2N2. The van der Waals surface area contributed by atoms with Crippen molar-refractivity contribution in [3.8, 4) is 0 Å². The molecule has 0 radical (unpaired) electrons. The summed E-state index contributed by atoms with van der Waals surface area (Å²) in [4.78, 5) is 4.64. The van der Waals surface area contributed by atoms with Crippen LogP contribution in [-0.4, -0.2) is 15.4 Å². The predicted octanol–water partition coefficient (Wildman–Crippen LogP) is 4.52. The van der Waals surface area contributed by atoms with Crippen molar-refractivity contribution in [1.82, 2.24) is 9.55 Å². The Morgan fingerprint density at radius 1 is 1.33 bits per heavy atom. The summed E-state index contributed by atoms with van der Waals surface area (Å²) in [5.74, 6) is 2.33. The third kappa shape index (κ3) is 2.99. The number of aromatic nitrogens is 2. The number of rotatable bonds is 5. The van der Waals surface area contributed by atoms with Crippen molar-refractivity contribution in [3.63, 3.8) is 0 Å². The van der Waals surface area contributed by atoms with E-state index in [1.807, 2.05) is 18.2 Å². The van der Waals surface area contributed by atoms with Gasteiger partial charge in [-0.3, -0.25) is 0 Å². The SMILES string of the molecule is CC(C)CCn1c(CCCl)nc2cc(Cl)ccc21. The molecule has 0 N–H and O–H groups in total. The summed E-state index contributed by atoms with van der Waals surface area (Å²) < 4.78 is 2.27. The highest BCUT2D eigenvalue weighted by atomic mass is 35.5. The average molecular weight is 285 g/mol. The smallest absolute Gasteiger partial charge is 0.111 e. The molecule has 1 aromatic carbocycles. The second-order valence-electron chi connectivity index (χ2n) is 4.93. The zero-order valence-electron chi connectivity index (χ0n) is 10.8. The van der Waals surface area contributed by atoms with E-state index in [1.54, 1.807) is 0 Å². The summed E-state index contributed by atoms with van der Waals surface area (Å²) in [6.07, 6.45) is 1.94. The highest BCUT2D eigenvalue weighted by Gasteiger charge is 2.11. The van der Waals surface area contributed by atoms with Gasteiger partial charge in [0.05, 0.1) is 11.0 Å². The highest BCUT2D eigenvalue weighted by Crippen LogP contribution is 2.22. The maximum atomic E-state index is 6.01. The molecule has 98 valence electrons. The molecule has 2 aromatic rings. The third-order valence-electron chi connectivity index (χ3n) is 3.04. The minimum atomic E-state index is 0.596. The first kappa shape index (κ1) is 13.7. The predicted molar refractivity (Wildman–Crippen MR) is 78.6 cm³/mol. The van der Waals surface area contributed by atoms with E-state index in [2.05, 4.69) is 23.4 Å². The molecule has 0 aliphatic rings. The van der Waals surface area contributed by atoms with Crippen molar-refractivity contribution in [2.24, 2.45) is 5.92 Å². The molecule has 0 aliphatic heterocycles. The standard InChI is InChI=1S/C14H18Cl2N2/c1-10(2)6-8-18-13-4-3-11(16)9-12(13)17-14(18)5-7-15/h3-4,9-10H,5-8H2,1-2H3. The van der Waals surface area contributed by atoms with E-state index in [4.69, 9.17) is 23.2 Å².